The van der Waals surface area contributed by atoms with Crippen molar-refractivity contribution in [2.45, 2.75) is 79.1 Å². The maximum Gasteiger partial charge on any atom is 1.00 e. The Balaban J connectivity index is 0. The molecule has 0 heterocycles. The van der Waals surface area contributed by atoms with Gasteiger partial charge in [-0.15, -0.1) is 0 Å². The Morgan fingerprint density at radius 2 is 0.941 bits per heavy atom. The van der Waals surface area contributed by atoms with Crippen molar-refractivity contribution in [3.05, 3.63) is 0 Å². The van der Waals surface area contributed by atoms with Gasteiger partial charge in [-0.05, 0) is 40.0 Å². The Hall–Kier alpha value is 0.945. The third-order valence-corrected chi connectivity index (χ3v) is 2.99. The van der Waals surface area contributed by atoms with E-state index in [1.807, 2.05) is 0 Å². The van der Waals surface area contributed by atoms with Gasteiger partial charge in [-0.3, -0.25) is 0 Å². The van der Waals surface area contributed by atoms with Gasteiger partial charge in [0.25, 0.3) is 0 Å². The van der Waals surface area contributed by atoms with Crippen molar-refractivity contribution in [2.24, 2.45) is 0 Å². The van der Waals surface area contributed by atoms with Crippen LogP contribution < -0.4 is 29.6 Å². The second-order valence-corrected chi connectivity index (χ2v) is 4.51. The molecule has 0 aliphatic rings. The molecule has 5 heteroatoms. The molecular weight excluding hydrogens is 226 g/mol. The Labute approximate surface area is 129 Å². The van der Waals surface area contributed by atoms with Crippen molar-refractivity contribution >= 4 is 7.32 Å². The summed E-state index contributed by atoms with van der Waals surface area (Å²) >= 11 is 0. The molecule has 17 heavy (non-hydrogen) atoms. The van der Waals surface area contributed by atoms with Gasteiger partial charge in [0.1, 0.15) is 0 Å². The summed E-state index contributed by atoms with van der Waals surface area (Å²) < 4.78 is 17.4. The largest absolute Gasteiger partial charge is 1.00 e. The molecule has 0 aromatic heterocycles. The summed E-state index contributed by atoms with van der Waals surface area (Å²) in [6.07, 6.45) is 3.56. The van der Waals surface area contributed by atoms with E-state index >= 15 is 0 Å². The van der Waals surface area contributed by atoms with E-state index in [9.17, 15) is 0 Å². The van der Waals surface area contributed by atoms with Gasteiger partial charge >= 0.3 is 36.9 Å². The van der Waals surface area contributed by atoms with E-state index in [0.29, 0.717) is 0 Å². The predicted molar refractivity (Wildman–Crippen MR) is 69.7 cm³/mol. The van der Waals surface area contributed by atoms with Crippen LogP contribution in [0.3, 0.4) is 0 Å². The fourth-order valence-electron chi connectivity index (χ4n) is 1.17. The molecule has 0 N–H and O–H groups in total. The van der Waals surface area contributed by atoms with Crippen molar-refractivity contribution in [3.63, 3.8) is 0 Å². The molecule has 0 amide bonds. The predicted octanol–water partition coefficient (Wildman–Crippen LogP) is 0.153. The molecule has 0 fully saturated rings. The van der Waals surface area contributed by atoms with Gasteiger partial charge in [0, 0.05) is 18.3 Å². The van der Waals surface area contributed by atoms with Gasteiger partial charge in [-0.1, -0.05) is 20.8 Å². The van der Waals surface area contributed by atoms with Gasteiger partial charge in [-0.25, -0.2) is 0 Å². The van der Waals surface area contributed by atoms with Crippen LogP contribution in [0.4, 0.5) is 0 Å². The van der Waals surface area contributed by atoms with Gasteiger partial charge in [0.05, 0.1) is 0 Å². The van der Waals surface area contributed by atoms with E-state index in [4.69, 9.17) is 14.0 Å². The van der Waals surface area contributed by atoms with E-state index in [-0.39, 0.29) is 47.9 Å². The van der Waals surface area contributed by atoms with Gasteiger partial charge < -0.3 is 14.0 Å². The SMILES string of the molecule is CCC(C)O[BH-](OC(C)CC)OC(C)CC.[Na+]. The number of rotatable bonds is 9. The Bertz CT molecular complexity index is 143. The molecule has 3 atom stereocenters. The molecule has 0 saturated heterocycles. The summed E-state index contributed by atoms with van der Waals surface area (Å²) in [6, 6.07) is 0. The minimum absolute atomic E-state index is 0. The molecule has 3 nitrogen and oxygen atoms in total. The topological polar surface area (TPSA) is 27.7 Å². The first-order chi connectivity index (χ1) is 7.53. The van der Waals surface area contributed by atoms with Crippen LogP contribution in [-0.4, -0.2) is 25.6 Å². The normalized spacial score (nSPS) is 18.0. The summed E-state index contributed by atoms with van der Waals surface area (Å²) in [5.74, 6) is 0. The Kier molecular flexibility index (Phi) is 14.3. The van der Waals surface area contributed by atoms with Crippen LogP contribution in [0, 0.1) is 0 Å². The zero-order valence-corrected chi connectivity index (χ0v) is 14.8. The average Bonchev–Trinajstić information content (AvgIpc) is 2.28. The molecule has 0 aromatic carbocycles. The summed E-state index contributed by atoms with van der Waals surface area (Å²) in [5, 5.41) is 0. The van der Waals surface area contributed by atoms with Crippen LogP contribution in [0.25, 0.3) is 0 Å². The van der Waals surface area contributed by atoms with Gasteiger partial charge in [-0.2, -0.15) is 0 Å². The minimum atomic E-state index is -1.39. The summed E-state index contributed by atoms with van der Waals surface area (Å²) in [7, 11) is -1.39. The monoisotopic (exact) mass is 254 g/mol. The number of hydrogen-bond donors (Lipinski definition) is 0. The Morgan fingerprint density at radius 3 is 1.12 bits per heavy atom. The molecule has 0 rings (SSSR count). The zero-order valence-electron chi connectivity index (χ0n) is 12.8. The Morgan fingerprint density at radius 1 is 0.706 bits per heavy atom. The summed E-state index contributed by atoms with van der Waals surface area (Å²) in [4.78, 5) is 0. The van der Waals surface area contributed by atoms with Crippen LogP contribution in [0.1, 0.15) is 60.8 Å². The maximum atomic E-state index is 5.78. The first-order valence-corrected chi connectivity index (χ1v) is 6.65. The van der Waals surface area contributed by atoms with Gasteiger partial charge in [0.2, 0.25) is 0 Å². The molecular formula is C12H28BNaO3. The molecule has 98 valence electrons. The molecule has 0 saturated carbocycles. The first kappa shape index (κ1) is 20.3. The molecule has 0 aromatic rings. The smallest absolute Gasteiger partial charge is 0.545 e. The average molecular weight is 254 g/mol. The molecule has 0 radical (unpaired) electrons. The van der Waals surface area contributed by atoms with Crippen molar-refractivity contribution in [1.82, 2.24) is 0 Å². The van der Waals surface area contributed by atoms with E-state index in [2.05, 4.69) is 41.5 Å². The first-order valence-electron chi connectivity index (χ1n) is 6.65. The zero-order chi connectivity index (χ0) is 12.6. The molecule has 0 spiro atoms. The van der Waals surface area contributed by atoms with Crippen LogP contribution >= 0.6 is 0 Å². The minimum Gasteiger partial charge on any atom is -0.545 e. The number of hydrogen-bond acceptors (Lipinski definition) is 3. The van der Waals surface area contributed by atoms with Crippen molar-refractivity contribution in [2.75, 3.05) is 0 Å². The van der Waals surface area contributed by atoms with Crippen LogP contribution in [0.15, 0.2) is 0 Å². The van der Waals surface area contributed by atoms with E-state index < -0.39 is 7.32 Å². The summed E-state index contributed by atoms with van der Waals surface area (Å²) in [6.45, 7) is 12.5. The fourth-order valence-corrected chi connectivity index (χ4v) is 1.17. The third-order valence-electron chi connectivity index (χ3n) is 2.99. The molecule has 0 aliphatic heterocycles. The van der Waals surface area contributed by atoms with Crippen molar-refractivity contribution in [1.29, 1.82) is 0 Å². The third kappa shape index (κ3) is 10.5. The molecule has 0 aliphatic carbocycles. The second kappa shape index (κ2) is 12.0. The second-order valence-electron chi connectivity index (χ2n) is 4.51. The van der Waals surface area contributed by atoms with Crippen molar-refractivity contribution < 1.29 is 43.5 Å². The van der Waals surface area contributed by atoms with Crippen LogP contribution in [0.5, 0.6) is 0 Å². The maximum absolute atomic E-state index is 5.78. The van der Waals surface area contributed by atoms with E-state index in [0.717, 1.165) is 19.3 Å². The van der Waals surface area contributed by atoms with E-state index in [1.165, 1.54) is 0 Å². The van der Waals surface area contributed by atoms with Crippen molar-refractivity contribution in [3.8, 4) is 0 Å². The van der Waals surface area contributed by atoms with E-state index in [1.54, 1.807) is 0 Å². The van der Waals surface area contributed by atoms with Gasteiger partial charge in [0.15, 0.2) is 0 Å². The van der Waals surface area contributed by atoms with Crippen LogP contribution in [-0.2, 0) is 14.0 Å². The standard InChI is InChI=1S/C12H28BO3.Na/c1-7-10(4)14-13(15-11(5)8-2)16-12(6)9-3;/h10-13H,7-9H2,1-6H3;/q-1;+1. The summed E-state index contributed by atoms with van der Waals surface area (Å²) in [5.41, 5.74) is 0. The fraction of sp³-hybridized carbons (Fsp3) is 1.00. The van der Waals surface area contributed by atoms with Crippen LogP contribution in [0.2, 0.25) is 0 Å². The quantitative estimate of drug-likeness (QED) is 0.548. The molecule has 0 bridgehead atoms. The molecule has 3 unspecified atom stereocenters.